The molecule has 0 saturated heterocycles. The summed E-state index contributed by atoms with van der Waals surface area (Å²) in [6.45, 7) is 11.7. The summed E-state index contributed by atoms with van der Waals surface area (Å²) in [5.41, 5.74) is 5.04. The number of ketones is 2. The molecule has 7 heteroatoms. The summed E-state index contributed by atoms with van der Waals surface area (Å²) in [7, 11) is 1.60. The Hall–Kier alpha value is -2.76. The van der Waals surface area contributed by atoms with Crippen LogP contribution < -0.4 is 9.47 Å². The van der Waals surface area contributed by atoms with E-state index >= 15 is 0 Å². The van der Waals surface area contributed by atoms with Gasteiger partial charge in [-0.2, -0.15) is 0 Å². The summed E-state index contributed by atoms with van der Waals surface area (Å²) in [6, 6.07) is 11.0. The van der Waals surface area contributed by atoms with Crippen molar-refractivity contribution in [1.82, 2.24) is 4.90 Å². The van der Waals surface area contributed by atoms with E-state index in [2.05, 4.69) is 39.5 Å². The number of rotatable bonds is 6. The molecule has 2 aliphatic carbocycles. The van der Waals surface area contributed by atoms with Crippen LogP contribution in [0.5, 0.6) is 11.5 Å². The lowest BCUT2D eigenvalue weighted by molar-refractivity contribution is -0.119. The van der Waals surface area contributed by atoms with Gasteiger partial charge >= 0.3 is 0 Å². The van der Waals surface area contributed by atoms with Gasteiger partial charge in [0, 0.05) is 63.5 Å². The van der Waals surface area contributed by atoms with Gasteiger partial charge in [0.2, 0.25) is 0 Å². The maximum Gasteiger partial charge on any atom is 0.162 e. The molecule has 5 nitrogen and oxygen atoms in total. The summed E-state index contributed by atoms with van der Waals surface area (Å²) in [4.78, 5) is 29.9. The Morgan fingerprint density at radius 3 is 1.98 bits per heavy atom. The van der Waals surface area contributed by atoms with Crippen LogP contribution in [0.25, 0.3) is 0 Å². The van der Waals surface area contributed by atoms with E-state index in [0.29, 0.717) is 34.4 Å². The van der Waals surface area contributed by atoms with Gasteiger partial charge in [-0.15, -0.1) is 0 Å². The van der Waals surface area contributed by atoms with Crippen LogP contribution in [0.15, 0.2) is 58.9 Å². The van der Waals surface area contributed by atoms with Crippen molar-refractivity contribution in [2.24, 2.45) is 10.8 Å². The van der Waals surface area contributed by atoms with Crippen molar-refractivity contribution in [2.75, 3.05) is 13.7 Å². The molecule has 0 spiro atoms. The minimum absolute atomic E-state index is 0.121. The second kappa shape index (κ2) is 10.6. The largest absolute Gasteiger partial charge is 0.493 e. The summed E-state index contributed by atoms with van der Waals surface area (Å²) in [6.07, 6.45) is 2.51. The first-order chi connectivity index (χ1) is 18.8. The van der Waals surface area contributed by atoms with Gasteiger partial charge in [-0.3, -0.25) is 9.59 Å². The van der Waals surface area contributed by atoms with Crippen LogP contribution in [0.3, 0.4) is 0 Å². The van der Waals surface area contributed by atoms with Gasteiger partial charge in [0.1, 0.15) is 6.61 Å². The van der Waals surface area contributed by atoms with Crippen molar-refractivity contribution in [3.05, 3.63) is 80.1 Å². The fraction of sp³-hybridized carbons (Fsp3) is 0.455. The molecule has 212 valence electrons. The standard InChI is InChI=1S/C33H37Cl2NO4/c1-7-36-23-14-32(2,3)16-25(37)30(23)29(31-24(36)15-33(4,5)17-26(31)38)19-9-11-27(28(12-19)39-6)40-18-20-8-10-21(34)13-22(20)35/h8-13,29H,7,14-18H2,1-6H3. The van der Waals surface area contributed by atoms with Gasteiger partial charge in [-0.1, -0.05) is 63.0 Å². The van der Waals surface area contributed by atoms with Crippen molar-refractivity contribution < 1.29 is 19.1 Å². The number of Topliss-reactive ketones (excluding diaryl/α,β-unsaturated/α-hetero) is 2. The smallest absolute Gasteiger partial charge is 0.162 e. The summed E-state index contributed by atoms with van der Waals surface area (Å²) < 4.78 is 11.9. The van der Waals surface area contributed by atoms with Crippen LogP contribution in [-0.2, 0) is 16.2 Å². The van der Waals surface area contributed by atoms with Gasteiger partial charge in [0.05, 0.1) is 7.11 Å². The number of hydrogen-bond acceptors (Lipinski definition) is 5. The van der Waals surface area contributed by atoms with Crippen LogP contribution in [0, 0.1) is 10.8 Å². The highest BCUT2D eigenvalue weighted by molar-refractivity contribution is 6.35. The van der Waals surface area contributed by atoms with E-state index in [1.807, 2.05) is 24.3 Å². The van der Waals surface area contributed by atoms with Crippen molar-refractivity contribution in [1.29, 1.82) is 0 Å². The number of carbonyl (C=O) groups is 2. The molecule has 0 aromatic heterocycles. The molecule has 1 heterocycles. The molecule has 2 aromatic rings. The first-order valence-electron chi connectivity index (χ1n) is 13.9. The van der Waals surface area contributed by atoms with Gasteiger partial charge in [-0.25, -0.2) is 0 Å². The summed E-state index contributed by atoms with van der Waals surface area (Å²) in [5, 5.41) is 1.09. The first-order valence-corrected chi connectivity index (χ1v) is 14.6. The minimum atomic E-state index is -0.423. The fourth-order valence-corrected chi connectivity index (χ4v) is 7.00. The molecule has 0 amide bonds. The Morgan fingerprint density at radius 2 is 1.45 bits per heavy atom. The van der Waals surface area contributed by atoms with Gasteiger partial charge in [-0.05, 0) is 60.4 Å². The SMILES string of the molecule is CCN1C2=C(C(=O)CC(C)(C)C2)C(c2ccc(OCc3ccc(Cl)cc3Cl)c(OC)c2)C2=C1CC(C)(C)CC2=O. The second-order valence-electron chi connectivity index (χ2n) is 12.7. The van der Waals surface area contributed by atoms with Crippen LogP contribution in [0.2, 0.25) is 10.0 Å². The van der Waals surface area contributed by atoms with E-state index in [-0.39, 0.29) is 29.0 Å². The number of ether oxygens (including phenoxy) is 2. The highest BCUT2D eigenvalue weighted by Crippen LogP contribution is 2.54. The molecule has 5 rings (SSSR count). The quantitative estimate of drug-likeness (QED) is 0.343. The predicted octanol–water partition coefficient (Wildman–Crippen LogP) is 8.29. The molecule has 1 aliphatic heterocycles. The van der Waals surface area contributed by atoms with Crippen LogP contribution in [0.4, 0.5) is 0 Å². The van der Waals surface area contributed by atoms with E-state index < -0.39 is 5.92 Å². The van der Waals surface area contributed by atoms with Crippen LogP contribution >= 0.6 is 23.2 Å². The highest BCUT2D eigenvalue weighted by atomic mass is 35.5. The maximum atomic E-state index is 13.8. The Morgan fingerprint density at radius 1 is 0.850 bits per heavy atom. The highest BCUT2D eigenvalue weighted by Gasteiger charge is 2.48. The van der Waals surface area contributed by atoms with E-state index in [0.717, 1.165) is 53.1 Å². The first kappa shape index (κ1) is 28.8. The Labute approximate surface area is 247 Å². The Bertz CT molecular complexity index is 1400. The topological polar surface area (TPSA) is 55.8 Å². The minimum Gasteiger partial charge on any atom is -0.493 e. The molecule has 0 saturated carbocycles. The maximum absolute atomic E-state index is 13.8. The van der Waals surface area contributed by atoms with Crippen molar-refractivity contribution in [3.63, 3.8) is 0 Å². The number of hydrogen-bond donors (Lipinski definition) is 0. The number of nitrogens with zero attached hydrogens (tertiary/aromatic N) is 1. The van der Waals surface area contributed by atoms with E-state index in [4.69, 9.17) is 32.7 Å². The Kier molecular flexibility index (Phi) is 7.60. The van der Waals surface area contributed by atoms with E-state index in [1.54, 1.807) is 19.2 Å². The van der Waals surface area contributed by atoms with Crippen LogP contribution in [0.1, 0.15) is 77.3 Å². The molecule has 0 bridgehead atoms. The Balaban J connectivity index is 1.60. The third-order valence-electron chi connectivity index (χ3n) is 8.26. The van der Waals surface area contributed by atoms with Crippen molar-refractivity contribution >= 4 is 34.8 Å². The third kappa shape index (κ3) is 5.31. The predicted molar refractivity (Wildman–Crippen MR) is 159 cm³/mol. The zero-order valence-electron chi connectivity index (χ0n) is 24.1. The molecule has 2 aromatic carbocycles. The number of methoxy groups -OCH3 is 1. The number of halogens is 2. The zero-order valence-corrected chi connectivity index (χ0v) is 25.6. The average molecular weight is 583 g/mol. The van der Waals surface area contributed by atoms with Gasteiger partial charge < -0.3 is 14.4 Å². The van der Waals surface area contributed by atoms with E-state index in [9.17, 15) is 9.59 Å². The molecule has 0 N–H and O–H groups in total. The van der Waals surface area contributed by atoms with E-state index in [1.165, 1.54) is 0 Å². The van der Waals surface area contributed by atoms with Gasteiger partial charge in [0.15, 0.2) is 23.1 Å². The molecular weight excluding hydrogens is 545 g/mol. The fourth-order valence-electron chi connectivity index (χ4n) is 6.54. The number of carbonyl (C=O) groups excluding carboxylic acids is 2. The molecule has 40 heavy (non-hydrogen) atoms. The van der Waals surface area contributed by atoms with Crippen molar-refractivity contribution in [2.45, 2.75) is 72.8 Å². The monoisotopic (exact) mass is 581 g/mol. The second-order valence-corrected chi connectivity index (χ2v) is 13.6. The van der Waals surface area contributed by atoms with Crippen molar-refractivity contribution in [3.8, 4) is 11.5 Å². The molecule has 0 atom stereocenters. The normalized spacial score (nSPS) is 20.4. The lowest BCUT2D eigenvalue weighted by Gasteiger charge is -2.48. The summed E-state index contributed by atoms with van der Waals surface area (Å²) >= 11 is 12.4. The molecule has 3 aliphatic rings. The molecule has 0 radical (unpaired) electrons. The zero-order chi connectivity index (χ0) is 29.0. The van der Waals surface area contributed by atoms with Gasteiger partial charge in [0.25, 0.3) is 0 Å². The lowest BCUT2D eigenvalue weighted by Crippen LogP contribution is -2.44. The molecule has 0 unspecified atom stereocenters. The molecular formula is C33H37Cl2NO4. The van der Waals surface area contributed by atoms with Crippen LogP contribution in [-0.4, -0.2) is 30.1 Å². The third-order valence-corrected chi connectivity index (χ3v) is 8.84. The lowest BCUT2D eigenvalue weighted by atomic mass is 9.63. The number of benzene rings is 2. The molecule has 0 fully saturated rings. The summed E-state index contributed by atoms with van der Waals surface area (Å²) in [5.74, 6) is 0.913. The average Bonchev–Trinajstić information content (AvgIpc) is 2.85. The number of allylic oxidation sites excluding steroid dienone is 4.